The molecule has 0 aliphatic carbocycles. The summed E-state index contributed by atoms with van der Waals surface area (Å²) in [5.41, 5.74) is 1.08. The van der Waals surface area contributed by atoms with Crippen LogP contribution < -0.4 is 0 Å². The van der Waals surface area contributed by atoms with Crippen molar-refractivity contribution in [2.45, 2.75) is 6.92 Å². The highest BCUT2D eigenvalue weighted by Crippen LogP contribution is 2.18. The van der Waals surface area contributed by atoms with Gasteiger partial charge in [-0.1, -0.05) is 18.2 Å². The van der Waals surface area contributed by atoms with Gasteiger partial charge in [0.05, 0.1) is 0 Å². The Morgan fingerprint density at radius 2 is 2.38 bits per heavy atom. The van der Waals surface area contributed by atoms with Gasteiger partial charge >= 0.3 is 5.97 Å². The Kier molecular flexibility index (Phi) is 3.46. The lowest BCUT2D eigenvalue weighted by molar-refractivity contribution is -0.131. The lowest BCUT2D eigenvalue weighted by atomic mass is 10.2. The fourth-order valence-corrected chi connectivity index (χ4v) is 1.57. The number of hydrogen-bond acceptors (Lipinski definition) is 2. The molecule has 1 heterocycles. The number of carbonyl (C=O) groups is 1. The first kappa shape index (κ1) is 9.74. The SMILES string of the molecule is C/C(=C\C=C\C(=O)O)c1cccs1. The second-order valence-corrected chi connectivity index (χ2v) is 3.47. The number of aliphatic carboxylic acids is 1. The van der Waals surface area contributed by atoms with Crippen LogP contribution in [0, 0.1) is 0 Å². The summed E-state index contributed by atoms with van der Waals surface area (Å²) in [7, 11) is 0. The van der Waals surface area contributed by atoms with Gasteiger partial charge in [-0.05, 0) is 23.9 Å². The zero-order valence-corrected chi connectivity index (χ0v) is 8.04. The van der Waals surface area contributed by atoms with E-state index in [4.69, 9.17) is 5.11 Å². The van der Waals surface area contributed by atoms with Crippen LogP contribution >= 0.6 is 11.3 Å². The minimum Gasteiger partial charge on any atom is -0.478 e. The van der Waals surface area contributed by atoms with E-state index in [1.54, 1.807) is 17.4 Å². The van der Waals surface area contributed by atoms with Crippen molar-refractivity contribution in [1.82, 2.24) is 0 Å². The molecule has 68 valence electrons. The zero-order chi connectivity index (χ0) is 9.68. The molecule has 13 heavy (non-hydrogen) atoms. The van der Waals surface area contributed by atoms with E-state index in [0.717, 1.165) is 16.5 Å². The number of carboxylic acids is 1. The summed E-state index contributed by atoms with van der Waals surface area (Å²) in [4.78, 5) is 11.3. The molecule has 0 amide bonds. The molecular formula is C10H10O2S. The molecule has 0 aromatic carbocycles. The van der Waals surface area contributed by atoms with Gasteiger partial charge in [-0.2, -0.15) is 0 Å². The van der Waals surface area contributed by atoms with Gasteiger partial charge in [0.25, 0.3) is 0 Å². The van der Waals surface area contributed by atoms with Crippen LogP contribution in [-0.4, -0.2) is 11.1 Å². The Labute approximate surface area is 80.8 Å². The Balaban J connectivity index is 2.68. The number of thiophene rings is 1. The first-order chi connectivity index (χ1) is 6.20. The van der Waals surface area contributed by atoms with Gasteiger partial charge in [-0.15, -0.1) is 11.3 Å². The van der Waals surface area contributed by atoms with Gasteiger partial charge in [0, 0.05) is 11.0 Å². The summed E-state index contributed by atoms with van der Waals surface area (Å²) >= 11 is 1.64. The largest absolute Gasteiger partial charge is 0.478 e. The first-order valence-corrected chi connectivity index (χ1v) is 4.70. The average molecular weight is 194 g/mol. The minimum absolute atomic E-state index is 0.921. The Bertz CT molecular complexity index is 334. The lowest BCUT2D eigenvalue weighted by Gasteiger charge is -1.91. The Morgan fingerprint density at radius 1 is 1.62 bits per heavy atom. The summed E-state index contributed by atoms with van der Waals surface area (Å²) < 4.78 is 0. The fourth-order valence-electron chi connectivity index (χ4n) is 0.860. The second-order valence-electron chi connectivity index (χ2n) is 2.52. The van der Waals surface area contributed by atoms with Gasteiger partial charge in [0.15, 0.2) is 0 Å². The highest BCUT2D eigenvalue weighted by molar-refractivity contribution is 7.11. The van der Waals surface area contributed by atoms with E-state index in [2.05, 4.69) is 0 Å². The van der Waals surface area contributed by atoms with E-state index in [1.807, 2.05) is 24.4 Å². The molecule has 0 bridgehead atoms. The predicted octanol–water partition coefficient (Wildman–Crippen LogP) is 2.79. The van der Waals surface area contributed by atoms with Crippen LogP contribution in [0.2, 0.25) is 0 Å². The molecule has 1 N–H and O–H groups in total. The summed E-state index contributed by atoms with van der Waals surface area (Å²) in [5.74, 6) is -0.921. The molecule has 0 aliphatic rings. The summed E-state index contributed by atoms with van der Waals surface area (Å²) in [6.07, 6.45) is 4.45. The molecule has 0 atom stereocenters. The molecular weight excluding hydrogens is 184 g/mol. The normalized spacial score (nSPS) is 12.2. The lowest BCUT2D eigenvalue weighted by Crippen LogP contribution is -1.84. The molecule has 0 saturated heterocycles. The van der Waals surface area contributed by atoms with Crippen molar-refractivity contribution in [2.24, 2.45) is 0 Å². The summed E-state index contributed by atoms with van der Waals surface area (Å²) in [5, 5.41) is 10.3. The highest BCUT2D eigenvalue weighted by atomic mass is 32.1. The van der Waals surface area contributed by atoms with E-state index < -0.39 is 5.97 Å². The Hall–Kier alpha value is -1.35. The molecule has 1 aromatic rings. The van der Waals surface area contributed by atoms with Crippen LogP contribution in [0.1, 0.15) is 11.8 Å². The number of carboxylic acid groups (broad SMARTS) is 1. The third-order valence-electron chi connectivity index (χ3n) is 1.49. The van der Waals surface area contributed by atoms with Crippen LogP contribution in [0.5, 0.6) is 0 Å². The molecule has 0 saturated carbocycles. The minimum atomic E-state index is -0.921. The summed E-state index contributed by atoms with van der Waals surface area (Å²) in [6, 6.07) is 3.98. The average Bonchev–Trinajstić information content (AvgIpc) is 2.55. The first-order valence-electron chi connectivity index (χ1n) is 3.82. The molecule has 3 heteroatoms. The van der Waals surface area contributed by atoms with Crippen LogP contribution in [-0.2, 0) is 4.79 Å². The fraction of sp³-hybridized carbons (Fsp3) is 0.100. The molecule has 0 radical (unpaired) electrons. The standard InChI is InChI=1S/C10H10O2S/c1-8(4-2-6-10(11)12)9-5-3-7-13-9/h2-7H,1H3,(H,11,12)/b6-2+,8-4+. The van der Waals surface area contributed by atoms with E-state index >= 15 is 0 Å². The monoisotopic (exact) mass is 194 g/mol. The van der Waals surface area contributed by atoms with E-state index in [1.165, 1.54) is 6.08 Å². The highest BCUT2D eigenvalue weighted by Gasteiger charge is 1.93. The van der Waals surface area contributed by atoms with Crippen LogP contribution in [0.3, 0.4) is 0 Å². The van der Waals surface area contributed by atoms with E-state index in [0.29, 0.717) is 0 Å². The van der Waals surface area contributed by atoms with Crippen molar-refractivity contribution in [1.29, 1.82) is 0 Å². The summed E-state index contributed by atoms with van der Waals surface area (Å²) in [6.45, 7) is 1.96. The maximum absolute atomic E-state index is 10.2. The molecule has 0 spiro atoms. The zero-order valence-electron chi connectivity index (χ0n) is 7.23. The van der Waals surface area contributed by atoms with Crippen molar-refractivity contribution in [3.05, 3.63) is 40.6 Å². The van der Waals surface area contributed by atoms with Gasteiger partial charge in [-0.25, -0.2) is 4.79 Å². The molecule has 0 fully saturated rings. The van der Waals surface area contributed by atoms with Crippen LogP contribution in [0.25, 0.3) is 5.57 Å². The third kappa shape index (κ3) is 3.25. The van der Waals surface area contributed by atoms with Crippen molar-refractivity contribution in [2.75, 3.05) is 0 Å². The smallest absolute Gasteiger partial charge is 0.328 e. The Morgan fingerprint density at radius 3 is 2.92 bits per heavy atom. The topological polar surface area (TPSA) is 37.3 Å². The van der Waals surface area contributed by atoms with Gasteiger partial charge < -0.3 is 5.11 Å². The maximum atomic E-state index is 10.2. The van der Waals surface area contributed by atoms with E-state index in [-0.39, 0.29) is 0 Å². The predicted molar refractivity (Wildman–Crippen MR) is 54.7 cm³/mol. The molecule has 0 unspecified atom stereocenters. The van der Waals surface area contributed by atoms with Gasteiger partial charge in [0.1, 0.15) is 0 Å². The number of allylic oxidation sites excluding steroid dienone is 3. The van der Waals surface area contributed by atoms with Crippen molar-refractivity contribution in [3.63, 3.8) is 0 Å². The van der Waals surface area contributed by atoms with E-state index in [9.17, 15) is 4.79 Å². The van der Waals surface area contributed by atoms with Crippen molar-refractivity contribution in [3.8, 4) is 0 Å². The number of hydrogen-bond donors (Lipinski definition) is 1. The third-order valence-corrected chi connectivity index (χ3v) is 2.50. The second kappa shape index (κ2) is 4.62. The quantitative estimate of drug-likeness (QED) is 0.593. The van der Waals surface area contributed by atoms with Crippen molar-refractivity contribution < 1.29 is 9.90 Å². The van der Waals surface area contributed by atoms with Crippen LogP contribution in [0.15, 0.2) is 35.7 Å². The molecule has 0 aliphatic heterocycles. The van der Waals surface area contributed by atoms with Crippen LogP contribution in [0.4, 0.5) is 0 Å². The molecule has 1 rings (SSSR count). The van der Waals surface area contributed by atoms with Crippen molar-refractivity contribution >= 4 is 22.9 Å². The molecule has 1 aromatic heterocycles. The van der Waals surface area contributed by atoms with Gasteiger partial charge in [0.2, 0.25) is 0 Å². The van der Waals surface area contributed by atoms with Gasteiger partial charge in [-0.3, -0.25) is 0 Å². The molecule has 2 nitrogen and oxygen atoms in total. The number of rotatable bonds is 3. The maximum Gasteiger partial charge on any atom is 0.328 e.